The molecule has 136 valence electrons. The molecule has 1 atom stereocenters. The Morgan fingerprint density at radius 1 is 1.27 bits per heavy atom. The summed E-state index contributed by atoms with van der Waals surface area (Å²) in [5.41, 5.74) is 1.18. The zero-order chi connectivity index (χ0) is 18.8. The highest BCUT2D eigenvalue weighted by Gasteiger charge is 2.28. The number of nitrogens with one attached hydrogen (secondary N) is 1. The number of fused-ring (bicyclic) bond motifs is 1. The van der Waals surface area contributed by atoms with Gasteiger partial charge in [0.15, 0.2) is 12.7 Å². The zero-order valence-electron chi connectivity index (χ0n) is 14.1. The summed E-state index contributed by atoms with van der Waals surface area (Å²) in [6, 6.07) is 9.83. The third-order valence-corrected chi connectivity index (χ3v) is 4.37. The van der Waals surface area contributed by atoms with Gasteiger partial charge in [-0.25, -0.2) is 0 Å². The molecule has 0 aliphatic carbocycles. The number of anilines is 2. The van der Waals surface area contributed by atoms with Crippen LogP contribution in [0.2, 0.25) is 10.0 Å². The fourth-order valence-electron chi connectivity index (χ4n) is 2.53. The normalized spacial score (nSPS) is 15.9. The first-order valence-electron chi connectivity index (χ1n) is 7.81. The Labute approximate surface area is 160 Å². The summed E-state index contributed by atoms with van der Waals surface area (Å²) in [6.45, 7) is 1.46. The third-order valence-electron chi connectivity index (χ3n) is 3.84. The zero-order valence-corrected chi connectivity index (χ0v) is 15.6. The molecule has 0 aromatic heterocycles. The lowest BCUT2D eigenvalue weighted by atomic mass is 10.2. The van der Waals surface area contributed by atoms with Crippen molar-refractivity contribution in [3.63, 3.8) is 0 Å². The van der Waals surface area contributed by atoms with Gasteiger partial charge in [0.2, 0.25) is 0 Å². The molecule has 2 aromatic carbocycles. The van der Waals surface area contributed by atoms with E-state index in [1.54, 1.807) is 44.3 Å². The van der Waals surface area contributed by atoms with E-state index in [0.717, 1.165) is 0 Å². The molecule has 1 aliphatic rings. The highest BCUT2D eigenvalue weighted by molar-refractivity contribution is 6.35. The quantitative estimate of drug-likeness (QED) is 0.856. The second-order valence-electron chi connectivity index (χ2n) is 5.75. The molecule has 26 heavy (non-hydrogen) atoms. The Hall–Kier alpha value is -2.44. The molecule has 8 heteroatoms. The third kappa shape index (κ3) is 3.86. The number of carbonyl (C=O) groups excluding carboxylic acids is 2. The lowest BCUT2D eigenvalue weighted by molar-refractivity contribution is -0.125. The maximum absolute atomic E-state index is 12.1. The molecule has 2 amide bonds. The van der Waals surface area contributed by atoms with Crippen molar-refractivity contribution in [1.29, 1.82) is 0 Å². The first kappa shape index (κ1) is 18.4. The number of likely N-dealkylation sites (N-methyl/N-ethyl adjacent to an activating group) is 1. The first-order chi connectivity index (χ1) is 12.3. The van der Waals surface area contributed by atoms with Crippen molar-refractivity contribution in [2.75, 3.05) is 23.9 Å². The average Bonchev–Trinajstić information content (AvgIpc) is 2.59. The van der Waals surface area contributed by atoms with E-state index in [-0.39, 0.29) is 18.4 Å². The molecular weight excluding hydrogens is 379 g/mol. The van der Waals surface area contributed by atoms with E-state index >= 15 is 0 Å². The van der Waals surface area contributed by atoms with Crippen LogP contribution in [0.25, 0.3) is 0 Å². The molecule has 0 saturated carbocycles. The topological polar surface area (TPSA) is 67.9 Å². The molecule has 1 heterocycles. The number of ether oxygens (including phenoxy) is 2. The maximum atomic E-state index is 12.1. The molecule has 1 N–H and O–H groups in total. The van der Waals surface area contributed by atoms with Crippen LogP contribution >= 0.6 is 23.2 Å². The highest BCUT2D eigenvalue weighted by atomic mass is 35.5. The van der Waals surface area contributed by atoms with Crippen LogP contribution in [0.3, 0.4) is 0 Å². The van der Waals surface area contributed by atoms with Crippen LogP contribution in [0.4, 0.5) is 11.4 Å². The Balaban J connectivity index is 1.65. The standard InChI is InChI=1S/C18H16Cl2N2O4/c1-10-18(24)22(2)14-5-4-12(8-16(14)26-10)21-17(23)9-25-15-6-3-11(19)7-13(15)20/h3-8,10H,9H2,1-2H3,(H,21,23). The predicted molar refractivity (Wildman–Crippen MR) is 101 cm³/mol. The van der Waals surface area contributed by atoms with Gasteiger partial charge in [-0.1, -0.05) is 23.2 Å². The minimum atomic E-state index is -0.575. The van der Waals surface area contributed by atoms with Crippen molar-refractivity contribution in [3.8, 4) is 11.5 Å². The SMILES string of the molecule is CC1Oc2cc(NC(=O)COc3ccc(Cl)cc3Cl)ccc2N(C)C1=O. The van der Waals surface area contributed by atoms with E-state index < -0.39 is 6.10 Å². The number of rotatable bonds is 4. The van der Waals surface area contributed by atoms with E-state index in [9.17, 15) is 9.59 Å². The Bertz CT molecular complexity index is 872. The van der Waals surface area contributed by atoms with Gasteiger partial charge in [-0.2, -0.15) is 0 Å². The van der Waals surface area contributed by atoms with Gasteiger partial charge in [-0.05, 0) is 37.3 Å². The summed E-state index contributed by atoms with van der Waals surface area (Å²) in [4.78, 5) is 25.5. The maximum Gasteiger partial charge on any atom is 0.267 e. The molecule has 0 radical (unpaired) electrons. The lowest BCUT2D eigenvalue weighted by Crippen LogP contribution is -2.41. The molecule has 0 saturated heterocycles. The molecule has 0 bridgehead atoms. The largest absolute Gasteiger partial charge is 0.482 e. The summed E-state index contributed by atoms with van der Waals surface area (Å²) in [5, 5.41) is 3.53. The summed E-state index contributed by atoms with van der Waals surface area (Å²) >= 11 is 11.8. The number of hydrogen-bond donors (Lipinski definition) is 1. The van der Waals surface area contributed by atoms with E-state index in [2.05, 4.69) is 5.32 Å². The van der Waals surface area contributed by atoms with Gasteiger partial charge < -0.3 is 19.7 Å². The van der Waals surface area contributed by atoms with Crippen molar-refractivity contribution in [1.82, 2.24) is 0 Å². The van der Waals surface area contributed by atoms with Crippen LogP contribution < -0.4 is 19.7 Å². The van der Waals surface area contributed by atoms with Crippen LogP contribution in [0.5, 0.6) is 11.5 Å². The van der Waals surface area contributed by atoms with Crippen molar-refractivity contribution in [3.05, 3.63) is 46.4 Å². The number of halogens is 2. The average molecular weight is 395 g/mol. The Kier molecular flexibility index (Phi) is 5.25. The summed E-state index contributed by atoms with van der Waals surface area (Å²) in [5.74, 6) is 0.416. The van der Waals surface area contributed by atoms with Crippen LogP contribution in [0, 0.1) is 0 Å². The van der Waals surface area contributed by atoms with Gasteiger partial charge in [-0.3, -0.25) is 9.59 Å². The molecule has 0 spiro atoms. The van der Waals surface area contributed by atoms with Crippen molar-refractivity contribution >= 4 is 46.4 Å². The molecule has 0 fully saturated rings. The van der Waals surface area contributed by atoms with E-state index in [0.29, 0.717) is 32.9 Å². The number of nitrogens with zero attached hydrogens (tertiary/aromatic N) is 1. The molecule has 3 rings (SSSR count). The Morgan fingerprint density at radius 3 is 2.77 bits per heavy atom. The number of benzene rings is 2. The molecule has 1 aliphatic heterocycles. The lowest BCUT2D eigenvalue weighted by Gasteiger charge is -2.30. The molecule has 2 aromatic rings. The van der Waals surface area contributed by atoms with E-state index in [1.165, 1.54) is 11.0 Å². The minimum Gasteiger partial charge on any atom is -0.482 e. The van der Waals surface area contributed by atoms with Crippen molar-refractivity contribution < 1.29 is 19.1 Å². The van der Waals surface area contributed by atoms with Gasteiger partial charge in [-0.15, -0.1) is 0 Å². The molecule has 6 nitrogen and oxygen atoms in total. The fraction of sp³-hybridized carbons (Fsp3) is 0.222. The van der Waals surface area contributed by atoms with Gasteiger partial charge in [0, 0.05) is 23.8 Å². The summed E-state index contributed by atoms with van der Waals surface area (Å²) in [6.07, 6.45) is -0.575. The second kappa shape index (κ2) is 7.43. The molecular formula is C18H16Cl2N2O4. The van der Waals surface area contributed by atoms with Gasteiger partial charge in [0.25, 0.3) is 11.8 Å². The number of hydrogen-bond acceptors (Lipinski definition) is 4. The van der Waals surface area contributed by atoms with Crippen LogP contribution in [-0.4, -0.2) is 31.6 Å². The predicted octanol–water partition coefficient (Wildman–Crippen LogP) is 3.75. The Morgan fingerprint density at radius 2 is 2.04 bits per heavy atom. The van der Waals surface area contributed by atoms with Crippen LogP contribution in [-0.2, 0) is 9.59 Å². The van der Waals surface area contributed by atoms with Gasteiger partial charge >= 0.3 is 0 Å². The van der Waals surface area contributed by atoms with E-state index in [4.69, 9.17) is 32.7 Å². The number of carbonyl (C=O) groups is 2. The second-order valence-corrected chi connectivity index (χ2v) is 6.60. The summed E-state index contributed by atoms with van der Waals surface area (Å²) in [7, 11) is 1.68. The van der Waals surface area contributed by atoms with Crippen molar-refractivity contribution in [2.45, 2.75) is 13.0 Å². The number of amides is 2. The summed E-state index contributed by atoms with van der Waals surface area (Å²) < 4.78 is 11.0. The van der Waals surface area contributed by atoms with Crippen molar-refractivity contribution in [2.24, 2.45) is 0 Å². The van der Waals surface area contributed by atoms with Gasteiger partial charge in [0.05, 0.1) is 10.7 Å². The van der Waals surface area contributed by atoms with Crippen LogP contribution in [0.15, 0.2) is 36.4 Å². The smallest absolute Gasteiger partial charge is 0.267 e. The molecule has 1 unspecified atom stereocenters. The fourth-order valence-corrected chi connectivity index (χ4v) is 2.99. The monoisotopic (exact) mass is 394 g/mol. The van der Waals surface area contributed by atoms with E-state index in [1.807, 2.05) is 0 Å². The highest BCUT2D eigenvalue weighted by Crippen LogP contribution is 2.35. The first-order valence-corrected chi connectivity index (χ1v) is 8.56. The van der Waals surface area contributed by atoms with Crippen LogP contribution in [0.1, 0.15) is 6.92 Å². The minimum absolute atomic E-state index is 0.123. The van der Waals surface area contributed by atoms with Gasteiger partial charge in [0.1, 0.15) is 11.5 Å².